The fourth-order valence-corrected chi connectivity index (χ4v) is 2.09. The minimum absolute atomic E-state index is 0.246. The zero-order valence-electron chi connectivity index (χ0n) is 11.2. The molecule has 0 unspecified atom stereocenters. The van der Waals surface area contributed by atoms with E-state index in [1.54, 1.807) is 0 Å². The predicted molar refractivity (Wildman–Crippen MR) is 68.9 cm³/mol. The van der Waals surface area contributed by atoms with Crippen LogP contribution in [-0.2, 0) is 9.53 Å². The van der Waals surface area contributed by atoms with Crippen LogP contribution in [0.5, 0.6) is 0 Å². The highest BCUT2D eigenvalue weighted by Gasteiger charge is 2.19. The van der Waals surface area contributed by atoms with Crippen LogP contribution in [0.3, 0.4) is 0 Å². The van der Waals surface area contributed by atoms with E-state index in [0.29, 0.717) is 12.6 Å². The van der Waals surface area contributed by atoms with Crippen molar-refractivity contribution >= 4 is 5.97 Å². The van der Waals surface area contributed by atoms with Crippen molar-refractivity contribution in [1.82, 2.24) is 9.80 Å². The summed E-state index contributed by atoms with van der Waals surface area (Å²) in [4.78, 5) is 15.8. The summed E-state index contributed by atoms with van der Waals surface area (Å²) in [5.41, 5.74) is 0. The first-order valence-electron chi connectivity index (χ1n) is 6.35. The normalized spacial score (nSPS) is 19.1. The molecule has 0 aromatic rings. The van der Waals surface area contributed by atoms with Gasteiger partial charge in [0.05, 0.1) is 6.61 Å². The molecular weight excluding hydrogens is 216 g/mol. The Kier molecular flexibility index (Phi) is 6.22. The van der Waals surface area contributed by atoms with Crippen LogP contribution in [0.1, 0.15) is 19.8 Å². The lowest BCUT2D eigenvalue weighted by Gasteiger charge is -2.34. The van der Waals surface area contributed by atoms with Gasteiger partial charge in [0.25, 0.3) is 0 Å². The van der Waals surface area contributed by atoms with Gasteiger partial charge in [0.1, 0.15) is 0 Å². The second kappa shape index (κ2) is 7.45. The average molecular weight is 240 g/mol. The molecule has 4 nitrogen and oxygen atoms in total. The quantitative estimate of drug-likeness (QED) is 0.533. The summed E-state index contributed by atoms with van der Waals surface area (Å²) in [5, 5.41) is 0. The van der Waals surface area contributed by atoms with Gasteiger partial charge < -0.3 is 9.64 Å². The molecule has 0 aliphatic carbocycles. The standard InChI is InChI=1S/C13H24N2O2/c1-4-17-13(16)6-5-9-15(3)12-7-10-14(2)11-8-12/h5-6,12H,4,7-11H2,1-3H3/b6-5+. The predicted octanol–water partition coefficient (Wildman–Crippen LogP) is 1.13. The summed E-state index contributed by atoms with van der Waals surface area (Å²) < 4.78 is 4.83. The molecule has 0 radical (unpaired) electrons. The Labute approximate surface area is 104 Å². The van der Waals surface area contributed by atoms with Crippen molar-refractivity contribution in [2.24, 2.45) is 0 Å². The number of nitrogens with zero attached hydrogens (tertiary/aromatic N) is 2. The third kappa shape index (κ3) is 5.33. The number of esters is 1. The molecular formula is C13H24N2O2. The number of likely N-dealkylation sites (N-methyl/N-ethyl adjacent to an activating group) is 1. The highest BCUT2D eigenvalue weighted by molar-refractivity contribution is 5.81. The van der Waals surface area contributed by atoms with Crippen molar-refractivity contribution in [2.45, 2.75) is 25.8 Å². The Balaban J connectivity index is 2.24. The number of rotatable bonds is 5. The van der Waals surface area contributed by atoms with Gasteiger partial charge in [0, 0.05) is 18.7 Å². The molecule has 0 aromatic carbocycles. The first-order valence-corrected chi connectivity index (χ1v) is 6.35. The van der Waals surface area contributed by atoms with E-state index in [9.17, 15) is 4.79 Å². The molecule has 1 rings (SSSR count). The molecule has 4 heteroatoms. The van der Waals surface area contributed by atoms with Gasteiger partial charge >= 0.3 is 5.97 Å². The molecule has 98 valence electrons. The van der Waals surface area contributed by atoms with Crippen LogP contribution in [0, 0.1) is 0 Å². The maximum absolute atomic E-state index is 11.1. The van der Waals surface area contributed by atoms with Gasteiger partial charge in [0.15, 0.2) is 0 Å². The van der Waals surface area contributed by atoms with E-state index >= 15 is 0 Å². The molecule has 17 heavy (non-hydrogen) atoms. The third-order valence-corrected chi connectivity index (χ3v) is 3.25. The van der Waals surface area contributed by atoms with E-state index in [-0.39, 0.29) is 5.97 Å². The number of carbonyl (C=O) groups is 1. The van der Waals surface area contributed by atoms with Gasteiger partial charge in [-0.05, 0) is 47.0 Å². The Morgan fingerprint density at radius 1 is 1.47 bits per heavy atom. The molecule has 1 aliphatic rings. The Morgan fingerprint density at radius 2 is 2.12 bits per heavy atom. The van der Waals surface area contributed by atoms with Gasteiger partial charge in [-0.3, -0.25) is 4.90 Å². The first kappa shape index (κ1) is 14.2. The number of carbonyl (C=O) groups excluding carboxylic acids is 1. The van der Waals surface area contributed by atoms with E-state index < -0.39 is 0 Å². The number of hydrogen-bond donors (Lipinski definition) is 0. The van der Waals surface area contributed by atoms with Crippen molar-refractivity contribution in [3.05, 3.63) is 12.2 Å². The maximum Gasteiger partial charge on any atom is 0.330 e. The number of ether oxygens (including phenoxy) is 1. The largest absolute Gasteiger partial charge is 0.463 e. The molecule has 0 spiro atoms. The number of hydrogen-bond acceptors (Lipinski definition) is 4. The van der Waals surface area contributed by atoms with Crippen molar-refractivity contribution in [3.63, 3.8) is 0 Å². The molecule has 0 bridgehead atoms. The molecule has 0 saturated carbocycles. The van der Waals surface area contributed by atoms with Crippen molar-refractivity contribution in [2.75, 3.05) is 40.3 Å². The van der Waals surface area contributed by atoms with E-state index in [1.165, 1.54) is 18.9 Å². The van der Waals surface area contributed by atoms with E-state index in [4.69, 9.17) is 4.74 Å². The van der Waals surface area contributed by atoms with E-state index in [2.05, 4.69) is 23.9 Å². The maximum atomic E-state index is 11.1. The summed E-state index contributed by atoms with van der Waals surface area (Å²) in [5.74, 6) is -0.246. The van der Waals surface area contributed by atoms with Crippen molar-refractivity contribution in [1.29, 1.82) is 0 Å². The third-order valence-electron chi connectivity index (χ3n) is 3.25. The summed E-state index contributed by atoms with van der Waals surface area (Å²) in [7, 11) is 4.28. The molecule has 1 aliphatic heterocycles. The molecule has 1 heterocycles. The van der Waals surface area contributed by atoms with Gasteiger partial charge in [-0.25, -0.2) is 4.79 Å². The van der Waals surface area contributed by atoms with Crippen LogP contribution in [0.25, 0.3) is 0 Å². The van der Waals surface area contributed by atoms with Crippen molar-refractivity contribution in [3.8, 4) is 0 Å². The minimum atomic E-state index is -0.246. The van der Waals surface area contributed by atoms with Crippen LogP contribution in [0.15, 0.2) is 12.2 Å². The SMILES string of the molecule is CCOC(=O)/C=C/CN(C)C1CCN(C)CC1. The first-order chi connectivity index (χ1) is 8.13. The fourth-order valence-electron chi connectivity index (χ4n) is 2.09. The van der Waals surface area contributed by atoms with E-state index in [0.717, 1.165) is 19.6 Å². The molecule has 0 amide bonds. The highest BCUT2D eigenvalue weighted by atomic mass is 16.5. The Bertz CT molecular complexity index is 258. The molecule has 0 aromatic heterocycles. The molecule has 1 fully saturated rings. The molecule has 1 saturated heterocycles. The smallest absolute Gasteiger partial charge is 0.330 e. The van der Waals surface area contributed by atoms with Gasteiger partial charge in [-0.15, -0.1) is 0 Å². The second-order valence-corrected chi connectivity index (χ2v) is 4.63. The Morgan fingerprint density at radius 3 is 2.71 bits per heavy atom. The Hall–Kier alpha value is -0.870. The van der Waals surface area contributed by atoms with Crippen molar-refractivity contribution < 1.29 is 9.53 Å². The van der Waals surface area contributed by atoms with Gasteiger partial charge in [-0.2, -0.15) is 0 Å². The summed E-state index contributed by atoms with van der Waals surface area (Å²) in [6.45, 7) is 5.39. The molecule has 0 atom stereocenters. The topological polar surface area (TPSA) is 32.8 Å². The van der Waals surface area contributed by atoms with E-state index in [1.807, 2.05) is 13.0 Å². The zero-order chi connectivity index (χ0) is 12.7. The number of piperidine rings is 1. The van der Waals surface area contributed by atoms with Gasteiger partial charge in [-0.1, -0.05) is 6.08 Å². The van der Waals surface area contributed by atoms with Crippen LogP contribution >= 0.6 is 0 Å². The van der Waals surface area contributed by atoms with Crippen LogP contribution in [-0.4, -0.2) is 62.1 Å². The second-order valence-electron chi connectivity index (χ2n) is 4.63. The highest BCUT2D eigenvalue weighted by Crippen LogP contribution is 2.13. The van der Waals surface area contributed by atoms with Crippen LogP contribution in [0.2, 0.25) is 0 Å². The summed E-state index contributed by atoms with van der Waals surface area (Å²) in [6, 6.07) is 0.637. The lowest BCUT2D eigenvalue weighted by Crippen LogP contribution is -2.41. The monoisotopic (exact) mass is 240 g/mol. The summed E-state index contributed by atoms with van der Waals surface area (Å²) in [6.07, 6.45) is 5.83. The van der Waals surface area contributed by atoms with Crippen LogP contribution < -0.4 is 0 Å². The van der Waals surface area contributed by atoms with Crippen LogP contribution in [0.4, 0.5) is 0 Å². The lowest BCUT2D eigenvalue weighted by molar-refractivity contribution is -0.137. The lowest BCUT2D eigenvalue weighted by atomic mass is 10.0. The number of likely N-dealkylation sites (tertiary alicyclic amines) is 1. The molecule has 0 N–H and O–H groups in total. The fraction of sp³-hybridized carbons (Fsp3) is 0.769. The average Bonchev–Trinajstić information content (AvgIpc) is 2.30. The van der Waals surface area contributed by atoms with Gasteiger partial charge in [0.2, 0.25) is 0 Å². The summed E-state index contributed by atoms with van der Waals surface area (Å²) >= 11 is 0. The minimum Gasteiger partial charge on any atom is -0.463 e. The zero-order valence-corrected chi connectivity index (χ0v) is 11.2.